The van der Waals surface area contributed by atoms with Gasteiger partial charge in [0.25, 0.3) is 5.91 Å². The van der Waals surface area contributed by atoms with Gasteiger partial charge in [-0.15, -0.1) is 0 Å². The normalized spacial score (nSPS) is 16.6. The van der Waals surface area contributed by atoms with Gasteiger partial charge in [-0.05, 0) is 61.5 Å². The van der Waals surface area contributed by atoms with Crippen molar-refractivity contribution in [2.45, 2.75) is 13.8 Å². The Morgan fingerprint density at radius 2 is 1.90 bits per heavy atom. The smallest absolute Gasteiger partial charge is 0.264 e. The van der Waals surface area contributed by atoms with Crippen molar-refractivity contribution in [3.8, 4) is 11.3 Å². The average molecular weight is 410 g/mol. The number of aliphatic imine (C=N–C) groups is 1. The minimum Gasteiger partial charge on any atom is -0.457 e. The van der Waals surface area contributed by atoms with E-state index in [4.69, 9.17) is 4.42 Å². The molecule has 0 spiro atoms. The molecule has 0 unspecified atom stereocenters. The van der Waals surface area contributed by atoms with E-state index in [1.807, 2.05) is 32.0 Å². The summed E-state index contributed by atoms with van der Waals surface area (Å²) in [6.45, 7) is 3.97. The van der Waals surface area contributed by atoms with E-state index in [0.717, 1.165) is 28.9 Å². The largest absolute Gasteiger partial charge is 0.457 e. The summed E-state index contributed by atoms with van der Waals surface area (Å²) in [5.41, 5.74) is 3.09. The van der Waals surface area contributed by atoms with Crippen LogP contribution in [0.15, 0.2) is 62.8 Å². The summed E-state index contributed by atoms with van der Waals surface area (Å²) in [7, 11) is 0. The van der Waals surface area contributed by atoms with E-state index >= 15 is 0 Å². The fourth-order valence-electron chi connectivity index (χ4n) is 2.91. The first-order chi connectivity index (χ1) is 13.9. The maximum atomic E-state index is 13.9. The number of rotatable bonds is 3. The first-order valence-corrected chi connectivity index (χ1v) is 9.63. The monoisotopic (exact) mass is 410 g/mol. The van der Waals surface area contributed by atoms with Crippen molar-refractivity contribution in [1.29, 1.82) is 0 Å². The van der Waals surface area contributed by atoms with Gasteiger partial charge in [-0.25, -0.2) is 13.8 Å². The molecule has 0 bridgehead atoms. The maximum absolute atomic E-state index is 13.9. The summed E-state index contributed by atoms with van der Waals surface area (Å²) >= 11 is 1.20. The number of thioether (sulfide) groups is 1. The van der Waals surface area contributed by atoms with Crippen LogP contribution in [0.5, 0.6) is 0 Å². The molecule has 1 fully saturated rings. The molecular weight excluding hydrogens is 394 g/mol. The molecule has 1 aliphatic rings. The molecule has 3 aromatic rings. The minimum atomic E-state index is -0.713. The molecule has 2 heterocycles. The molecule has 0 saturated carbocycles. The third kappa shape index (κ3) is 4.14. The van der Waals surface area contributed by atoms with Crippen LogP contribution in [0.2, 0.25) is 0 Å². The van der Waals surface area contributed by atoms with Gasteiger partial charge in [0.05, 0.1) is 16.2 Å². The summed E-state index contributed by atoms with van der Waals surface area (Å²) in [4.78, 5) is 17.2. The van der Waals surface area contributed by atoms with Gasteiger partial charge in [0, 0.05) is 12.1 Å². The summed E-state index contributed by atoms with van der Waals surface area (Å²) in [6, 6.07) is 12.4. The molecule has 0 aliphatic carbocycles. The molecule has 1 saturated heterocycles. The van der Waals surface area contributed by atoms with Gasteiger partial charge in [-0.3, -0.25) is 4.79 Å². The van der Waals surface area contributed by atoms with E-state index < -0.39 is 11.6 Å². The Bertz CT molecular complexity index is 1180. The van der Waals surface area contributed by atoms with Crippen molar-refractivity contribution in [3.05, 3.63) is 82.0 Å². The minimum absolute atomic E-state index is 0.150. The quantitative estimate of drug-likeness (QED) is 0.561. The number of carbonyl (C=O) groups is 1. The van der Waals surface area contributed by atoms with Gasteiger partial charge in [0.1, 0.15) is 23.2 Å². The van der Waals surface area contributed by atoms with E-state index in [1.165, 1.54) is 17.8 Å². The van der Waals surface area contributed by atoms with Crippen molar-refractivity contribution in [2.75, 3.05) is 0 Å². The Balaban J connectivity index is 1.57. The Kier molecular flexibility index (Phi) is 5.07. The number of furan rings is 1. The SMILES string of the molecule is Cc1ccc(N=C2NC(=O)/C(=C/c3ccc(-c4ccc(F)cc4F)o3)S2)c(C)c1. The molecule has 1 N–H and O–H groups in total. The Labute approximate surface area is 170 Å². The van der Waals surface area contributed by atoms with Crippen LogP contribution in [-0.4, -0.2) is 11.1 Å². The third-order valence-electron chi connectivity index (χ3n) is 4.32. The number of nitrogens with one attached hydrogen (secondary N) is 1. The van der Waals surface area contributed by atoms with Gasteiger partial charge >= 0.3 is 0 Å². The second-order valence-electron chi connectivity index (χ2n) is 6.60. The Hall–Kier alpha value is -3.19. The lowest BCUT2D eigenvalue weighted by molar-refractivity contribution is -0.115. The number of aryl methyl sites for hydroxylation is 2. The van der Waals surface area contributed by atoms with Gasteiger partial charge in [0.15, 0.2) is 5.17 Å². The highest BCUT2D eigenvalue weighted by Crippen LogP contribution is 2.31. The molecule has 146 valence electrons. The number of carbonyl (C=O) groups excluding carboxylic acids is 1. The van der Waals surface area contributed by atoms with E-state index in [1.54, 1.807) is 18.2 Å². The molecule has 4 rings (SSSR count). The predicted molar refractivity (Wildman–Crippen MR) is 111 cm³/mol. The molecule has 1 aromatic heterocycles. The van der Waals surface area contributed by atoms with Crippen molar-refractivity contribution in [2.24, 2.45) is 4.99 Å². The zero-order valence-corrected chi connectivity index (χ0v) is 16.4. The molecule has 1 amide bonds. The number of hydrogen-bond donors (Lipinski definition) is 1. The van der Waals surface area contributed by atoms with E-state index in [9.17, 15) is 13.6 Å². The Morgan fingerprint density at radius 3 is 2.66 bits per heavy atom. The molecule has 7 heteroatoms. The Morgan fingerprint density at radius 1 is 1.07 bits per heavy atom. The van der Waals surface area contributed by atoms with Crippen LogP contribution in [0.3, 0.4) is 0 Å². The highest BCUT2D eigenvalue weighted by Gasteiger charge is 2.24. The summed E-state index contributed by atoms with van der Waals surface area (Å²) in [5.74, 6) is -1.02. The standard InChI is InChI=1S/C22H16F2N2O2S/c1-12-3-7-18(13(2)9-12)25-22-26-21(27)20(29-22)11-15-5-8-19(28-15)16-6-4-14(23)10-17(16)24/h3-11H,1-2H3,(H,25,26,27)/b20-11-. The van der Waals surface area contributed by atoms with Crippen molar-refractivity contribution in [3.63, 3.8) is 0 Å². The zero-order valence-electron chi connectivity index (χ0n) is 15.6. The number of benzene rings is 2. The van der Waals surface area contributed by atoms with Crippen molar-refractivity contribution in [1.82, 2.24) is 5.32 Å². The molecule has 2 aromatic carbocycles. The molecular formula is C22H16F2N2O2S. The number of hydrogen-bond acceptors (Lipinski definition) is 4. The van der Waals surface area contributed by atoms with Crippen molar-refractivity contribution < 1.29 is 18.0 Å². The fraction of sp³-hybridized carbons (Fsp3) is 0.0909. The van der Waals surface area contributed by atoms with Gasteiger partial charge < -0.3 is 9.73 Å². The topological polar surface area (TPSA) is 54.6 Å². The number of amides is 1. The van der Waals surface area contributed by atoms with Crippen LogP contribution in [-0.2, 0) is 4.79 Å². The zero-order chi connectivity index (χ0) is 20.5. The summed E-state index contributed by atoms with van der Waals surface area (Å²) < 4.78 is 32.6. The van der Waals surface area contributed by atoms with Gasteiger partial charge in [-0.1, -0.05) is 17.7 Å². The molecule has 4 nitrogen and oxygen atoms in total. The third-order valence-corrected chi connectivity index (χ3v) is 5.23. The van der Waals surface area contributed by atoms with Crippen LogP contribution >= 0.6 is 11.8 Å². The van der Waals surface area contributed by atoms with Crippen LogP contribution < -0.4 is 5.32 Å². The second kappa shape index (κ2) is 7.67. The summed E-state index contributed by atoms with van der Waals surface area (Å²) in [6.07, 6.45) is 1.56. The number of halogens is 2. The lowest BCUT2D eigenvalue weighted by Gasteiger charge is -2.02. The van der Waals surface area contributed by atoms with Gasteiger partial charge in [-0.2, -0.15) is 0 Å². The summed E-state index contributed by atoms with van der Waals surface area (Å²) in [5, 5.41) is 3.21. The first kappa shape index (κ1) is 19.1. The van der Waals surface area contributed by atoms with Crippen LogP contribution in [0, 0.1) is 25.5 Å². The molecule has 0 atom stereocenters. The van der Waals surface area contributed by atoms with E-state index in [-0.39, 0.29) is 17.2 Å². The first-order valence-electron chi connectivity index (χ1n) is 8.81. The highest BCUT2D eigenvalue weighted by atomic mass is 32.2. The maximum Gasteiger partial charge on any atom is 0.264 e. The van der Waals surface area contributed by atoms with Crippen LogP contribution in [0.1, 0.15) is 16.9 Å². The fourth-order valence-corrected chi connectivity index (χ4v) is 3.73. The predicted octanol–water partition coefficient (Wildman–Crippen LogP) is 5.73. The van der Waals surface area contributed by atoms with E-state index in [0.29, 0.717) is 15.8 Å². The lowest BCUT2D eigenvalue weighted by atomic mass is 10.1. The van der Waals surface area contributed by atoms with Gasteiger partial charge in [0.2, 0.25) is 0 Å². The lowest BCUT2D eigenvalue weighted by Crippen LogP contribution is -2.19. The van der Waals surface area contributed by atoms with Crippen LogP contribution in [0.25, 0.3) is 17.4 Å². The second-order valence-corrected chi connectivity index (χ2v) is 7.63. The highest BCUT2D eigenvalue weighted by molar-refractivity contribution is 8.18. The molecule has 0 radical (unpaired) electrons. The molecule has 29 heavy (non-hydrogen) atoms. The molecule has 1 aliphatic heterocycles. The number of nitrogens with zero attached hydrogens (tertiary/aromatic N) is 1. The average Bonchev–Trinajstić information content (AvgIpc) is 3.25. The van der Waals surface area contributed by atoms with E-state index in [2.05, 4.69) is 10.3 Å². The van der Waals surface area contributed by atoms with Crippen LogP contribution in [0.4, 0.5) is 14.5 Å². The van der Waals surface area contributed by atoms with Crippen molar-refractivity contribution >= 4 is 34.6 Å². The number of amidine groups is 1.